The second-order valence-corrected chi connectivity index (χ2v) is 5.79. The highest BCUT2D eigenvalue weighted by atomic mass is 32.2. The average molecular weight is 221 g/mol. The second kappa shape index (κ2) is 5.06. The van der Waals surface area contributed by atoms with E-state index < -0.39 is 10.0 Å². The van der Waals surface area contributed by atoms with Crippen LogP contribution in [0.1, 0.15) is 19.3 Å². The van der Waals surface area contributed by atoms with Crippen LogP contribution in [-0.2, 0) is 10.0 Å². The monoisotopic (exact) mass is 221 g/mol. The Balaban J connectivity index is 2.16. The molecule has 0 amide bonds. The van der Waals surface area contributed by atoms with Crippen LogP contribution in [0.3, 0.4) is 0 Å². The highest BCUT2D eigenvalue weighted by molar-refractivity contribution is 7.89. The molecule has 5 nitrogen and oxygen atoms in total. The summed E-state index contributed by atoms with van der Waals surface area (Å²) < 4.78 is 24.4. The van der Waals surface area contributed by atoms with E-state index in [0.717, 1.165) is 19.3 Å². The first-order chi connectivity index (χ1) is 6.53. The lowest BCUT2D eigenvalue weighted by Crippen LogP contribution is -2.35. The van der Waals surface area contributed by atoms with Crippen LogP contribution < -0.4 is 15.8 Å². The van der Waals surface area contributed by atoms with Gasteiger partial charge in [-0.1, -0.05) is 0 Å². The Hall–Kier alpha value is -0.170. The SMILES string of the molecule is CNS(=O)(=O)CCNC1CCC(N)C1. The lowest BCUT2D eigenvalue weighted by Gasteiger charge is -2.11. The molecule has 4 N–H and O–H groups in total. The molecule has 0 saturated heterocycles. The molecule has 14 heavy (non-hydrogen) atoms. The molecule has 1 aliphatic carbocycles. The van der Waals surface area contributed by atoms with Crippen LogP contribution in [-0.4, -0.2) is 39.8 Å². The Labute approximate surface area is 85.5 Å². The van der Waals surface area contributed by atoms with E-state index in [9.17, 15) is 8.42 Å². The summed E-state index contributed by atoms with van der Waals surface area (Å²) in [4.78, 5) is 0. The first-order valence-electron chi connectivity index (χ1n) is 4.93. The van der Waals surface area contributed by atoms with E-state index in [1.165, 1.54) is 7.05 Å². The number of rotatable bonds is 5. The van der Waals surface area contributed by atoms with E-state index in [1.54, 1.807) is 0 Å². The van der Waals surface area contributed by atoms with Gasteiger partial charge in [0.15, 0.2) is 0 Å². The fourth-order valence-electron chi connectivity index (χ4n) is 1.70. The third-order valence-corrected chi connectivity index (χ3v) is 3.95. The molecule has 6 heteroatoms. The van der Waals surface area contributed by atoms with Gasteiger partial charge in [0, 0.05) is 18.6 Å². The smallest absolute Gasteiger partial charge is 0.212 e. The molecule has 1 rings (SSSR count). The molecule has 1 aliphatic rings. The Morgan fingerprint density at radius 1 is 1.43 bits per heavy atom. The predicted molar refractivity (Wildman–Crippen MR) is 56.5 cm³/mol. The van der Waals surface area contributed by atoms with Crippen molar-refractivity contribution in [2.45, 2.75) is 31.3 Å². The molecule has 1 fully saturated rings. The van der Waals surface area contributed by atoms with Gasteiger partial charge in [0.05, 0.1) is 5.75 Å². The van der Waals surface area contributed by atoms with Crippen molar-refractivity contribution in [1.29, 1.82) is 0 Å². The summed E-state index contributed by atoms with van der Waals surface area (Å²) in [5.74, 6) is 0.134. The molecule has 0 heterocycles. The van der Waals surface area contributed by atoms with E-state index in [0.29, 0.717) is 12.6 Å². The normalized spacial score (nSPS) is 28.1. The molecule has 0 aromatic carbocycles. The van der Waals surface area contributed by atoms with Crippen LogP contribution in [0.4, 0.5) is 0 Å². The minimum absolute atomic E-state index is 0.134. The van der Waals surface area contributed by atoms with Crippen LogP contribution in [0, 0.1) is 0 Å². The number of nitrogens with one attached hydrogen (secondary N) is 2. The third kappa shape index (κ3) is 3.91. The number of nitrogens with two attached hydrogens (primary N) is 1. The van der Waals surface area contributed by atoms with E-state index in [1.807, 2.05) is 0 Å². The minimum atomic E-state index is -3.07. The van der Waals surface area contributed by atoms with Gasteiger partial charge in [-0.15, -0.1) is 0 Å². The van der Waals surface area contributed by atoms with Gasteiger partial charge in [-0.25, -0.2) is 13.1 Å². The summed E-state index contributed by atoms with van der Waals surface area (Å²) in [7, 11) is -1.64. The Kier molecular flexibility index (Phi) is 4.31. The highest BCUT2D eigenvalue weighted by Gasteiger charge is 2.21. The van der Waals surface area contributed by atoms with Crippen LogP contribution in [0.15, 0.2) is 0 Å². The van der Waals surface area contributed by atoms with Crippen molar-refractivity contribution in [3.63, 3.8) is 0 Å². The Bertz CT molecular complexity index is 266. The maximum absolute atomic E-state index is 11.1. The molecule has 0 aromatic heterocycles. The van der Waals surface area contributed by atoms with Crippen molar-refractivity contribution in [1.82, 2.24) is 10.0 Å². The molecule has 2 unspecified atom stereocenters. The molecular formula is C8H19N3O2S. The zero-order chi connectivity index (χ0) is 10.6. The number of hydrogen-bond acceptors (Lipinski definition) is 4. The van der Waals surface area contributed by atoms with Crippen molar-refractivity contribution < 1.29 is 8.42 Å². The Morgan fingerprint density at radius 3 is 2.64 bits per heavy atom. The van der Waals surface area contributed by atoms with Crippen LogP contribution in [0.2, 0.25) is 0 Å². The molecule has 0 radical (unpaired) electrons. The first-order valence-corrected chi connectivity index (χ1v) is 6.59. The van der Waals surface area contributed by atoms with E-state index in [-0.39, 0.29) is 11.8 Å². The molecule has 0 aliphatic heterocycles. The molecule has 0 bridgehead atoms. The van der Waals surface area contributed by atoms with E-state index >= 15 is 0 Å². The fraction of sp³-hybridized carbons (Fsp3) is 1.00. The minimum Gasteiger partial charge on any atom is -0.328 e. The van der Waals surface area contributed by atoms with Gasteiger partial charge in [-0.2, -0.15) is 0 Å². The van der Waals surface area contributed by atoms with Gasteiger partial charge in [0.2, 0.25) is 10.0 Å². The van der Waals surface area contributed by atoms with Crippen molar-refractivity contribution in [3.8, 4) is 0 Å². The molecule has 2 atom stereocenters. The molecule has 0 spiro atoms. The van der Waals surface area contributed by atoms with Gasteiger partial charge in [0.1, 0.15) is 0 Å². The third-order valence-electron chi connectivity index (χ3n) is 2.59. The average Bonchev–Trinajstić information content (AvgIpc) is 2.51. The van der Waals surface area contributed by atoms with Crippen molar-refractivity contribution in [2.75, 3.05) is 19.3 Å². The van der Waals surface area contributed by atoms with Crippen LogP contribution in [0.25, 0.3) is 0 Å². The largest absolute Gasteiger partial charge is 0.328 e. The maximum atomic E-state index is 11.1. The van der Waals surface area contributed by atoms with E-state index in [2.05, 4.69) is 10.0 Å². The number of hydrogen-bond donors (Lipinski definition) is 3. The Morgan fingerprint density at radius 2 is 2.14 bits per heavy atom. The van der Waals surface area contributed by atoms with Gasteiger partial charge in [-0.3, -0.25) is 0 Å². The summed E-state index contributed by atoms with van der Waals surface area (Å²) in [6.45, 7) is 0.501. The fourth-order valence-corrected chi connectivity index (χ4v) is 2.29. The molecule has 84 valence electrons. The topological polar surface area (TPSA) is 84.2 Å². The quantitative estimate of drug-likeness (QED) is 0.556. The van der Waals surface area contributed by atoms with Gasteiger partial charge < -0.3 is 11.1 Å². The second-order valence-electron chi connectivity index (χ2n) is 3.75. The summed E-state index contributed by atoms with van der Waals surface area (Å²) in [5.41, 5.74) is 5.74. The first kappa shape index (κ1) is 11.9. The van der Waals surface area contributed by atoms with Crippen molar-refractivity contribution in [2.24, 2.45) is 5.73 Å². The van der Waals surface area contributed by atoms with Gasteiger partial charge >= 0.3 is 0 Å². The summed E-state index contributed by atoms with van der Waals surface area (Å²) in [5, 5.41) is 3.20. The van der Waals surface area contributed by atoms with Crippen molar-refractivity contribution >= 4 is 10.0 Å². The van der Waals surface area contributed by atoms with E-state index in [4.69, 9.17) is 5.73 Å². The van der Waals surface area contributed by atoms with Crippen molar-refractivity contribution in [3.05, 3.63) is 0 Å². The standard InChI is InChI=1S/C8H19N3O2S/c1-10-14(12,13)5-4-11-8-3-2-7(9)6-8/h7-8,10-11H,2-6,9H2,1H3. The molecular weight excluding hydrogens is 202 g/mol. The van der Waals surface area contributed by atoms with Gasteiger partial charge in [-0.05, 0) is 26.3 Å². The van der Waals surface area contributed by atoms with Gasteiger partial charge in [0.25, 0.3) is 0 Å². The zero-order valence-electron chi connectivity index (χ0n) is 8.49. The number of sulfonamides is 1. The zero-order valence-corrected chi connectivity index (χ0v) is 9.31. The van der Waals surface area contributed by atoms with Crippen LogP contribution in [0.5, 0.6) is 0 Å². The molecule has 0 aromatic rings. The summed E-state index contributed by atoms with van der Waals surface area (Å²) >= 11 is 0. The highest BCUT2D eigenvalue weighted by Crippen LogP contribution is 2.16. The maximum Gasteiger partial charge on any atom is 0.212 e. The lowest BCUT2D eigenvalue weighted by molar-refractivity contribution is 0.527. The molecule has 1 saturated carbocycles. The summed E-state index contributed by atoms with van der Waals surface area (Å²) in [6.07, 6.45) is 3.05. The lowest BCUT2D eigenvalue weighted by atomic mass is 10.2. The predicted octanol–water partition coefficient (Wildman–Crippen LogP) is -0.995. The summed E-state index contributed by atoms with van der Waals surface area (Å²) in [6, 6.07) is 0.686. The van der Waals surface area contributed by atoms with Crippen LogP contribution >= 0.6 is 0 Å².